The molecule has 3 nitrogen and oxygen atoms in total. The highest BCUT2D eigenvalue weighted by molar-refractivity contribution is 8.13. The van der Waals surface area contributed by atoms with Crippen LogP contribution in [0.4, 0.5) is 0 Å². The van der Waals surface area contributed by atoms with E-state index in [4.69, 9.17) is 9.46 Å². The van der Waals surface area contributed by atoms with Gasteiger partial charge in [0.1, 0.15) is 6.10 Å². The van der Waals surface area contributed by atoms with Crippen molar-refractivity contribution in [2.45, 2.75) is 97.4 Å². The molecule has 0 aromatic rings. The summed E-state index contributed by atoms with van der Waals surface area (Å²) >= 11 is 1.35. The highest BCUT2D eigenvalue weighted by Gasteiger charge is 2.39. The highest BCUT2D eigenvalue weighted by Crippen LogP contribution is 2.37. The molecule has 0 spiro atoms. The Morgan fingerprint density at radius 1 is 1.17 bits per heavy atom. The number of allylic oxidation sites excluding steroid dienone is 1. The lowest BCUT2D eigenvalue weighted by Crippen LogP contribution is -2.41. The molecule has 0 fully saturated rings. The Balaban J connectivity index is 4.58. The first-order valence-electron chi connectivity index (χ1n) is 9.30. The lowest BCUT2D eigenvalue weighted by Gasteiger charge is -2.35. The SMILES string of the molecule is CCCCCC/C=C/C(CC(=O)SCC)OO[Si](C)(C)C(C)(C)C. The first-order valence-corrected chi connectivity index (χ1v) is 13.2. The molecule has 0 heterocycles. The summed E-state index contributed by atoms with van der Waals surface area (Å²) in [5.41, 5.74) is 0. The van der Waals surface area contributed by atoms with E-state index in [0.29, 0.717) is 6.42 Å². The Morgan fingerprint density at radius 3 is 2.38 bits per heavy atom. The summed E-state index contributed by atoms with van der Waals surface area (Å²) in [4.78, 5) is 17.7. The lowest BCUT2D eigenvalue weighted by atomic mass is 10.1. The number of thioether (sulfide) groups is 1. The molecule has 5 heteroatoms. The van der Waals surface area contributed by atoms with E-state index in [0.717, 1.165) is 12.2 Å². The smallest absolute Gasteiger partial charge is 0.238 e. The Bertz CT molecular complexity index is 375. The van der Waals surface area contributed by atoms with Crippen molar-refractivity contribution in [3.63, 3.8) is 0 Å². The van der Waals surface area contributed by atoms with Gasteiger partial charge in [-0.3, -0.25) is 9.37 Å². The van der Waals surface area contributed by atoms with Crippen molar-refractivity contribution >= 4 is 25.2 Å². The van der Waals surface area contributed by atoms with Crippen LogP contribution < -0.4 is 0 Å². The largest absolute Gasteiger partial charge is 0.287 e. The second kappa shape index (κ2) is 12.3. The lowest BCUT2D eigenvalue weighted by molar-refractivity contribution is -0.244. The van der Waals surface area contributed by atoms with Crippen LogP contribution in [0.2, 0.25) is 18.1 Å². The van der Waals surface area contributed by atoms with Gasteiger partial charge in [-0.15, -0.1) is 0 Å². The van der Waals surface area contributed by atoms with Crippen LogP contribution >= 0.6 is 11.8 Å². The molecule has 0 aliphatic rings. The quantitative estimate of drug-likeness (QED) is 0.128. The molecule has 0 bridgehead atoms. The first-order chi connectivity index (χ1) is 11.1. The monoisotopic (exact) mass is 374 g/mol. The number of carbonyl (C=O) groups excluding carboxylic acids is 1. The normalized spacial score (nSPS) is 14.3. The van der Waals surface area contributed by atoms with E-state index in [1.807, 2.05) is 13.0 Å². The van der Waals surface area contributed by atoms with E-state index in [-0.39, 0.29) is 16.3 Å². The summed E-state index contributed by atoms with van der Waals surface area (Å²) in [5, 5.41) is 0.251. The van der Waals surface area contributed by atoms with Gasteiger partial charge in [-0.05, 0) is 36.7 Å². The standard InChI is InChI=1S/C19H38O3SSi/c1-8-10-11-12-13-14-15-17(16-18(20)23-9-2)21-22-24(6,7)19(3,4)5/h14-15,17H,8-13,16H2,1-7H3/b15-14+. The Kier molecular flexibility index (Phi) is 12.2. The summed E-state index contributed by atoms with van der Waals surface area (Å²) in [6.07, 6.45) is 10.3. The maximum absolute atomic E-state index is 12.0. The van der Waals surface area contributed by atoms with E-state index in [1.165, 1.54) is 37.4 Å². The van der Waals surface area contributed by atoms with Crippen LogP contribution in [0.3, 0.4) is 0 Å². The van der Waals surface area contributed by atoms with Gasteiger partial charge < -0.3 is 0 Å². The van der Waals surface area contributed by atoms with Gasteiger partial charge in [0.05, 0.1) is 0 Å². The molecule has 0 radical (unpaired) electrons. The number of hydrogen-bond acceptors (Lipinski definition) is 4. The summed E-state index contributed by atoms with van der Waals surface area (Å²) in [5.74, 6) is 0.801. The van der Waals surface area contributed by atoms with Crippen LogP contribution in [0, 0.1) is 0 Å². The molecule has 0 aromatic heterocycles. The minimum absolute atomic E-state index is 0.0869. The molecule has 0 rings (SSSR count). The minimum atomic E-state index is -1.98. The molecule has 0 aromatic carbocycles. The van der Waals surface area contributed by atoms with Gasteiger partial charge in [-0.25, -0.2) is 4.89 Å². The van der Waals surface area contributed by atoms with Crippen molar-refractivity contribution in [1.82, 2.24) is 0 Å². The molecular weight excluding hydrogens is 336 g/mol. The highest BCUT2D eigenvalue weighted by atomic mass is 32.2. The van der Waals surface area contributed by atoms with Crippen molar-refractivity contribution in [2.24, 2.45) is 0 Å². The molecule has 0 aliphatic carbocycles. The second-order valence-corrected chi connectivity index (χ2v) is 13.8. The van der Waals surface area contributed by atoms with Crippen LogP contribution in [0.1, 0.15) is 73.1 Å². The molecule has 0 saturated heterocycles. The van der Waals surface area contributed by atoms with Crippen LogP contribution in [-0.2, 0) is 14.3 Å². The van der Waals surface area contributed by atoms with E-state index >= 15 is 0 Å². The van der Waals surface area contributed by atoms with Gasteiger partial charge in [0, 0.05) is 6.42 Å². The van der Waals surface area contributed by atoms with E-state index in [2.05, 4.69) is 46.9 Å². The molecule has 0 saturated carbocycles. The zero-order valence-corrected chi connectivity index (χ0v) is 18.6. The summed E-state index contributed by atoms with van der Waals surface area (Å²) in [6, 6.07) is 0. The maximum Gasteiger partial charge on any atom is 0.238 e. The molecular formula is C19H38O3SSi. The van der Waals surface area contributed by atoms with Crippen molar-refractivity contribution < 1.29 is 14.3 Å². The van der Waals surface area contributed by atoms with Crippen LogP contribution in [0.15, 0.2) is 12.2 Å². The van der Waals surface area contributed by atoms with E-state index < -0.39 is 8.32 Å². The number of unbranched alkanes of at least 4 members (excludes halogenated alkanes) is 4. The second-order valence-electron chi connectivity index (χ2n) is 7.76. The van der Waals surface area contributed by atoms with Crippen molar-refractivity contribution in [3.05, 3.63) is 12.2 Å². The van der Waals surface area contributed by atoms with Gasteiger partial charge in [-0.2, -0.15) is 0 Å². The van der Waals surface area contributed by atoms with E-state index in [1.54, 1.807) is 0 Å². The topological polar surface area (TPSA) is 35.5 Å². The fraction of sp³-hybridized carbons (Fsp3) is 0.842. The number of carbonyl (C=O) groups is 1. The van der Waals surface area contributed by atoms with Gasteiger partial charge >= 0.3 is 0 Å². The zero-order chi connectivity index (χ0) is 18.6. The third kappa shape index (κ3) is 10.7. The molecule has 1 atom stereocenters. The molecule has 1 unspecified atom stereocenters. The average molecular weight is 375 g/mol. The van der Waals surface area contributed by atoms with Crippen LogP contribution in [-0.4, -0.2) is 25.3 Å². The van der Waals surface area contributed by atoms with Gasteiger partial charge in [0.25, 0.3) is 0 Å². The number of hydrogen-bond donors (Lipinski definition) is 0. The molecule has 0 aliphatic heterocycles. The third-order valence-corrected chi connectivity index (χ3v) is 9.34. The summed E-state index contributed by atoms with van der Waals surface area (Å²) < 4.78 is 5.86. The molecule has 142 valence electrons. The fourth-order valence-electron chi connectivity index (χ4n) is 1.76. The summed E-state index contributed by atoms with van der Waals surface area (Å²) in [6.45, 7) is 15.1. The van der Waals surface area contributed by atoms with Gasteiger partial charge in [-0.1, -0.05) is 77.8 Å². The fourth-order valence-corrected chi connectivity index (χ4v) is 2.98. The predicted molar refractivity (Wildman–Crippen MR) is 109 cm³/mol. The first kappa shape index (κ1) is 23.9. The van der Waals surface area contributed by atoms with Crippen molar-refractivity contribution in [1.29, 1.82) is 0 Å². The van der Waals surface area contributed by atoms with Gasteiger partial charge in [0.2, 0.25) is 8.32 Å². The zero-order valence-electron chi connectivity index (χ0n) is 16.8. The minimum Gasteiger partial charge on any atom is -0.287 e. The van der Waals surface area contributed by atoms with Crippen LogP contribution in [0.5, 0.6) is 0 Å². The molecule has 24 heavy (non-hydrogen) atoms. The predicted octanol–water partition coefficient (Wildman–Crippen LogP) is 6.50. The van der Waals surface area contributed by atoms with E-state index in [9.17, 15) is 4.79 Å². The average Bonchev–Trinajstić information content (AvgIpc) is 2.47. The molecule has 0 amide bonds. The van der Waals surface area contributed by atoms with Crippen LogP contribution in [0.25, 0.3) is 0 Å². The Hall–Kier alpha value is -0.103. The molecule has 0 N–H and O–H groups in total. The Morgan fingerprint density at radius 2 is 1.83 bits per heavy atom. The third-order valence-electron chi connectivity index (χ3n) is 4.43. The van der Waals surface area contributed by atoms with Crippen molar-refractivity contribution in [3.8, 4) is 0 Å². The maximum atomic E-state index is 12.0. The Labute approximate surface area is 155 Å². The van der Waals surface area contributed by atoms with Gasteiger partial charge in [0.15, 0.2) is 5.12 Å². The van der Waals surface area contributed by atoms with Crippen molar-refractivity contribution in [2.75, 3.05) is 5.75 Å². The number of rotatable bonds is 12. The summed E-state index contributed by atoms with van der Waals surface area (Å²) in [7, 11) is -1.98.